The molecular weight excluding hydrogens is 449 g/mol. The lowest BCUT2D eigenvalue weighted by molar-refractivity contribution is -0.140. The van der Waals surface area contributed by atoms with Crippen molar-refractivity contribution in [2.75, 3.05) is 6.61 Å². The minimum Gasteiger partial charge on any atom is -0.490 e. The first-order valence-electron chi connectivity index (χ1n) is 9.69. The van der Waals surface area contributed by atoms with E-state index in [1.54, 1.807) is 24.3 Å². The van der Waals surface area contributed by atoms with Crippen LogP contribution in [0, 0.1) is 5.92 Å². The highest BCUT2D eigenvalue weighted by molar-refractivity contribution is 6.42. The molecule has 0 radical (unpaired) electrons. The largest absolute Gasteiger partial charge is 0.490 e. The topological polar surface area (TPSA) is 67.8 Å². The standard InChI is InChI=1S/C22H26Cl3NO4/c1-4-29-20-10-15(11-26-19(22(27)28)7-13(2)3)9-18(25)21(20)30-12-14-5-6-16(23)17(24)8-14/h5-6,8-10,13,19,26H,4,7,11-12H2,1-3H3,(H,27,28). The maximum absolute atomic E-state index is 11.5. The maximum Gasteiger partial charge on any atom is 0.320 e. The number of carboxylic acid groups (broad SMARTS) is 1. The van der Waals surface area contributed by atoms with Crippen molar-refractivity contribution >= 4 is 40.8 Å². The molecule has 2 aromatic carbocycles. The molecule has 0 aliphatic carbocycles. The van der Waals surface area contributed by atoms with Gasteiger partial charge in [-0.3, -0.25) is 4.79 Å². The van der Waals surface area contributed by atoms with Gasteiger partial charge >= 0.3 is 5.97 Å². The molecular formula is C22H26Cl3NO4. The second-order valence-electron chi connectivity index (χ2n) is 7.28. The zero-order valence-electron chi connectivity index (χ0n) is 17.2. The van der Waals surface area contributed by atoms with Gasteiger partial charge in [0.05, 0.1) is 21.7 Å². The lowest BCUT2D eigenvalue weighted by Gasteiger charge is -2.18. The number of ether oxygens (including phenoxy) is 2. The summed E-state index contributed by atoms with van der Waals surface area (Å²) in [5, 5.41) is 13.8. The molecule has 0 saturated carbocycles. The van der Waals surface area contributed by atoms with Crippen molar-refractivity contribution in [3.8, 4) is 11.5 Å². The highest BCUT2D eigenvalue weighted by atomic mass is 35.5. The van der Waals surface area contributed by atoms with Crippen molar-refractivity contribution in [3.05, 3.63) is 56.5 Å². The Labute approximate surface area is 192 Å². The van der Waals surface area contributed by atoms with Gasteiger partial charge in [0.2, 0.25) is 0 Å². The summed E-state index contributed by atoms with van der Waals surface area (Å²) in [6, 6.07) is 8.18. The number of hydrogen-bond donors (Lipinski definition) is 2. The first-order valence-corrected chi connectivity index (χ1v) is 10.8. The molecule has 5 nitrogen and oxygen atoms in total. The van der Waals surface area contributed by atoms with Crippen molar-refractivity contribution in [1.82, 2.24) is 5.32 Å². The molecule has 164 valence electrons. The van der Waals surface area contributed by atoms with Crippen molar-refractivity contribution in [1.29, 1.82) is 0 Å². The molecule has 2 rings (SSSR count). The first-order chi connectivity index (χ1) is 14.2. The molecule has 2 aromatic rings. The van der Waals surface area contributed by atoms with Gasteiger partial charge in [0.1, 0.15) is 12.6 Å². The van der Waals surface area contributed by atoms with Gasteiger partial charge in [0, 0.05) is 6.54 Å². The van der Waals surface area contributed by atoms with Crippen molar-refractivity contribution in [3.63, 3.8) is 0 Å². The minimum atomic E-state index is -0.874. The van der Waals surface area contributed by atoms with E-state index in [0.29, 0.717) is 46.1 Å². The fourth-order valence-corrected chi connectivity index (χ4v) is 3.50. The molecule has 0 aliphatic rings. The average molecular weight is 475 g/mol. The van der Waals surface area contributed by atoms with E-state index < -0.39 is 12.0 Å². The van der Waals surface area contributed by atoms with Crippen molar-refractivity contribution in [2.24, 2.45) is 5.92 Å². The molecule has 0 bridgehead atoms. The predicted octanol–water partition coefficient (Wildman–Crippen LogP) is 6.21. The van der Waals surface area contributed by atoms with Gasteiger partial charge in [-0.25, -0.2) is 0 Å². The Morgan fingerprint density at radius 3 is 2.33 bits per heavy atom. The molecule has 0 amide bonds. The SMILES string of the molecule is CCOc1cc(CNC(CC(C)C)C(=O)O)cc(Cl)c1OCc1ccc(Cl)c(Cl)c1. The molecule has 1 unspecified atom stereocenters. The molecule has 0 spiro atoms. The van der Waals surface area contributed by atoms with Crippen LogP contribution in [-0.4, -0.2) is 23.7 Å². The van der Waals surface area contributed by atoms with Crippen LogP contribution in [0.5, 0.6) is 11.5 Å². The van der Waals surface area contributed by atoms with E-state index in [0.717, 1.165) is 11.1 Å². The fourth-order valence-electron chi connectivity index (χ4n) is 2.90. The zero-order chi connectivity index (χ0) is 22.3. The van der Waals surface area contributed by atoms with Gasteiger partial charge in [-0.15, -0.1) is 0 Å². The van der Waals surface area contributed by atoms with E-state index in [-0.39, 0.29) is 12.5 Å². The van der Waals surface area contributed by atoms with Crippen LogP contribution in [-0.2, 0) is 17.9 Å². The van der Waals surface area contributed by atoms with E-state index in [9.17, 15) is 9.90 Å². The number of halogens is 3. The smallest absolute Gasteiger partial charge is 0.320 e. The van der Waals surface area contributed by atoms with Gasteiger partial charge in [0.25, 0.3) is 0 Å². The third-order valence-electron chi connectivity index (χ3n) is 4.29. The Kier molecular flexibility index (Phi) is 9.56. The van der Waals surface area contributed by atoms with Crippen molar-refractivity contribution in [2.45, 2.75) is 46.4 Å². The zero-order valence-corrected chi connectivity index (χ0v) is 19.4. The summed E-state index contributed by atoms with van der Waals surface area (Å²) in [6.07, 6.45) is 0.534. The molecule has 2 N–H and O–H groups in total. The van der Waals surface area contributed by atoms with Gasteiger partial charge in [-0.2, -0.15) is 0 Å². The quantitative estimate of drug-likeness (QED) is 0.405. The van der Waals surface area contributed by atoms with E-state index in [4.69, 9.17) is 44.3 Å². The Balaban J connectivity index is 2.15. The van der Waals surface area contributed by atoms with E-state index in [2.05, 4.69) is 5.32 Å². The summed E-state index contributed by atoms with van der Waals surface area (Å²) in [5.74, 6) is 0.308. The third kappa shape index (κ3) is 7.24. The third-order valence-corrected chi connectivity index (χ3v) is 5.31. The van der Waals surface area contributed by atoms with Gasteiger partial charge in [-0.05, 0) is 54.7 Å². The second kappa shape index (κ2) is 11.7. The Bertz CT molecular complexity index is 874. The molecule has 0 saturated heterocycles. The van der Waals surface area contributed by atoms with Crippen LogP contribution in [0.4, 0.5) is 0 Å². The van der Waals surface area contributed by atoms with Crippen LogP contribution in [0.25, 0.3) is 0 Å². The number of nitrogens with one attached hydrogen (secondary N) is 1. The van der Waals surface area contributed by atoms with E-state index in [1.165, 1.54) is 0 Å². The average Bonchev–Trinajstić information content (AvgIpc) is 2.67. The monoisotopic (exact) mass is 473 g/mol. The summed E-state index contributed by atoms with van der Waals surface area (Å²) >= 11 is 18.5. The van der Waals surface area contributed by atoms with Crippen LogP contribution in [0.3, 0.4) is 0 Å². The number of benzene rings is 2. The lowest BCUT2D eigenvalue weighted by Crippen LogP contribution is -2.37. The first kappa shape index (κ1) is 24.6. The molecule has 1 atom stereocenters. The molecule has 0 aromatic heterocycles. The maximum atomic E-state index is 11.5. The molecule has 0 fully saturated rings. The number of aliphatic carboxylic acids is 1. The molecule has 8 heteroatoms. The minimum absolute atomic E-state index is 0.240. The molecule has 0 aliphatic heterocycles. The summed E-state index contributed by atoms with van der Waals surface area (Å²) < 4.78 is 11.6. The van der Waals surface area contributed by atoms with Gasteiger partial charge in [-0.1, -0.05) is 54.7 Å². The van der Waals surface area contributed by atoms with Crippen LogP contribution in [0.2, 0.25) is 15.1 Å². The van der Waals surface area contributed by atoms with Crippen LogP contribution in [0.1, 0.15) is 38.3 Å². The second-order valence-corrected chi connectivity index (χ2v) is 8.50. The summed E-state index contributed by atoms with van der Waals surface area (Å²) in [7, 11) is 0. The predicted molar refractivity (Wildman–Crippen MR) is 121 cm³/mol. The van der Waals surface area contributed by atoms with Crippen molar-refractivity contribution < 1.29 is 19.4 Å². The Hall–Kier alpha value is -1.66. The normalized spacial score (nSPS) is 12.1. The van der Waals surface area contributed by atoms with Crippen LogP contribution < -0.4 is 14.8 Å². The Morgan fingerprint density at radius 1 is 1.03 bits per heavy atom. The van der Waals surface area contributed by atoms with E-state index >= 15 is 0 Å². The molecule has 30 heavy (non-hydrogen) atoms. The van der Waals surface area contributed by atoms with E-state index in [1.807, 2.05) is 26.8 Å². The highest BCUT2D eigenvalue weighted by Crippen LogP contribution is 2.37. The lowest BCUT2D eigenvalue weighted by atomic mass is 10.0. The molecule has 0 heterocycles. The number of carbonyl (C=O) groups is 1. The Morgan fingerprint density at radius 2 is 1.73 bits per heavy atom. The van der Waals surface area contributed by atoms with Crippen LogP contribution >= 0.6 is 34.8 Å². The number of rotatable bonds is 11. The summed E-state index contributed by atoms with van der Waals surface area (Å²) in [6.45, 7) is 6.86. The van der Waals surface area contributed by atoms with Crippen LogP contribution in [0.15, 0.2) is 30.3 Å². The fraction of sp³-hybridized carbons (Fsp3) is 0.409. The highest BCUT2D eigenvalue weighted by Gasteiger charge is 2.19. The number of carboxylic acids is 1. The van der Waals surface area contributed by atoms with Gasteiger partial charge < -0.3 is 19.9 Å². The summed E-state index contributed by atoms with van der Waals surface area (Å²) in [4.78, 5) is 11.5. The van der Waals surface area contributed by atoms with Gasteiger partial charge in [0.15, 0.2) is 11.5 Å². The summed E-state index contributed by atoms with van der Waals surface area (Å²) in [5.41, 5.74) is 1.65. The number of hydrogen-bond acceptors (Lipinski definition) is 4.